The summed E-state index contributed by atoms with van der Waals surface area (Å²) in [5.74, 6) is 1.34. The molecule has 10 heteroatoms. The molecule has 4 aromatic carbocycles. The SMILES string of the molecule is COc1cccc(CCNC(=O)[C@]2(C/C=C/c3ccccc3)N=C(c3ccc(OCCCO)cc3)O[C@@H]2c2ccccc2N=[N+]=[N-])c1. The van der Waals surface area contributed by atoms with Gasteiger partial charge in [-0.25, -0.2) is 4.99 Å². The highest BCUT2D eigenvalue weighted by molar-refractivity contribution is 6.01. The molecule has 4 aromatic rings. The normalized spacial score (nSPS) is 17.0. The first-order chi connectivity index (χ1) is 23.1. The second kappa shape index (κ2) is 16.1. The maximum absolute atomic E-state index is 14.5. The zero-order valence-corrected chi connectivity index (χ0v) is 26.2. The molecule has 1 aliphatic rings. The molecule has 0 spiro atoms. The summed E-state index contributed by atoms with van der Waals surface area (Å²) >= 11 is 0. The van der Waals surface area contributed by atoms with Crippen LogP contribution < -0.4 is 14.8 Å². The van der Waals surface area contributed by atoms with Crippen LogP contribution in [0.3, 0.4) is 0 Å². The molecule has 0 unspecified atom stereocenters. The molecule has 0 saturated heterocycles. The van der Waals surface area contributed by atoms with Crippen molar-refractivity contribution in [1.82, 2.24) is 5.32 Å². The Morgan fingerprint density at radius 2 is 1.83 bits per heavy atom. The maximum atomic E-state index is 14.5. The standard InChI is InChI=1S/C37H37N5O5/c1-45-31-14-7-12-28(26-31)21-23-39-36(44)37(22-8-13-27-10-3-2-4-11-27)34(32-15-5-6-16-33(32)41-42-38)47-35(40-37)29-17-19-30(20-18-29)46-25-9-24-43/h2-8,10-20,26,34,43H,9,21-25H2,1H3,(H,39,44)/b13-8+/t34-,37-/m1/s1. The molecule has 1 amide bonds. The van der Waals surface area contributed by atoms with E-state index in [2.05, 4.69) is 15.3 Å². The van der Waals surface area contributed by atoms with E-state index < -0.39 is 11.6 Å². The van der Waals surface area contributed by atoms with Gasteiger partial charge in [0.2, 0.25) is 5.90 Å². The van der Waals surface area contributed by atoms with Gasteiger partial charge in [0.1, 0.15) is 11.5 Å². The number of methoxy groups -OCH3 is 1. The minimum atomic E-state index is -1.44. The lowest BCUT2D eigenvalue weighted by Crippen LogP contribution is -2.48. The van der Waals surface area contributed by atoms with Gasteiger partial charge in [-0.15, -0.1) is 0 Å². The summed E-state index contributed by atoms with van der Waals surface area (Å²) in [5.41, 5.74) is 11.5. The van der Waals surface area contributed by atoms with Crippen LogP contribution in [0.15, 0.2) is 119 Å². The molecule has 1 heterocycles. The Hall–Kier alpha value is -5.57. The van der Waals surface area contributed by atoms with E-state index in [1.807, 2.05) is 84.9 Å². The van der Waals surface area contributed by atoms with E-state index in [-0.39, 0.29) is 24.8 Å². The number of benzene rings is 4. The molecule has 0 radical (unpaired) electrons. The number of aliphatic hydroxyl groups is 1. The van der Waals surface area contributed by atoms with E-state index in [4.69, 9.17) is 24.3 Å². The Morgan fingerprint density at radius 1 is 1.04 bits per heavy atom. The van der Waals surface area contributed by atoms with Crippen LogP contribution in [0.2, 0.25) is 0 Å². The molecular weight excluding hydrogens is 594 g/mol. The highest BCUT2D eigenvalue weighted by atomic mass is 16.5. The Bertz CT molecular complexity index is 1750. The molecule has 47 heavy (non-hydrogen) atoms. The van der Waals surface area contributed by atoms with Crippen LogP contribution in [-0.2, 0) is 16.0 Å². The van der Waals surface area contributed by atoms with Gasteiger partial charge in [-0.2, -0.15) is 0 Å². The van der Waals surface area contributed by atoms with E-state index >= 15 is 0 Å². The summed E-state index contributed by atoms with van der Waals surface area (Å²) in [5, 5.41) is 16.1. The van der Waals surface area contributed by atoms with Gasteiger partial charge in [0.25, 0.3) is 5.91 Å². The number of aliphatic imine (C=N–C) groups is 1. The number of azide groups is 1. The van der Waals surface area contributed by atoms with Crippen molar-refractivity contribution < 1.29 is 24.1 Å². The summed E-state index contributed by atoms with van der Waals surface area (Å²) in [4.78, 5) is 22.5. The van der Waals surface area contributed by atoms with Crippen LogP contribution in [0.1, 0.15) is 41.2 Å². The number of ether oxygens (including phenoxy) is 3. The van der Waals surface area contributed by atoms with Crippen molar-refractivity contribution in [3.05, 3.63) is 142 Å². The van der Waals surface area contributed by atoms with Gasteiger partial charge in [0.15, 0.2) is 11.6 Å². The molecule has 240 valence electrons. The second-order valence-corrected chi connectivity index (χ2v) is 10.9. The first-order valence-corrected chi connectivity index (χ1v) is 15.4. The first-order valence-electron chi connectivity index (χ1n) is 15.4. The predicted octanol–water partition coefficient (Wildman–Crippen LogP) is 7.12. The van der Waals surface area contributed by atoms with Crippen molar-refractivity contribution in [2.45, 2.75) is 30.9 Å². The smallest absolute Gasteiger partial charge is 0.252 e. The number of hydrogen-bond donors (Lipinski definition) is 2. The van der Waals surface area contributed by atoms with E-state index in [0.717, 1.165) is 16.9 Å². The largest absolute Gasteiger partial charge is 0.497 e. The van der Waals surface area contributed by atoms with Crippen molar-refractivity contribution in [1.29, 1.82) is 0 Å². The summed E-state index contributed by atoms with van der Waals surface area (Å²) < 4.78 is 17.6. The predicted molar refractivity (Wildman–Crippen MR) is 182 cm³/mol. The average Bonchev–Trinajstić information content (AvgIpc) is 3.50. The molecule has 10 nitrogen and oxygen atoms in total. The number of nitrogens with zero attached hydrogens (tertiary/aromatic N) is 4. The van der Waals surface area contributed by atoms with Crippen molar-refractivity contribution in [3.8, 4) is 11.5 Å². The van der Waals surface area contributed by atoms with Gasteiger partial charge >= 0.3 is 0 Å². The molecule has 0 fully saturated rings. The molecule has 0 aliphatic carbocycles. The highest BCUT2D eigenvalue weighted by Gasteiger charge is 2.53. The molecular formula is C37H37N5O5. The Labute approximate surface area is 274 Å². The molecule has 1 aliphatic heterocycles. The number of carbonyl (C=O) groups excluding carboxylic acids is 1. The third-order valence-electron chi connectivity index (χ3n) is 7.77. The second-order valence-electron chi connectivity index (χ2n) is 10.9. The summed E-state index contributed by atoms with van der Waals surface area (Å²) in [6.07, 6.45) is 4.27. The fraction of sp³-hybridized carbons (Fsp3) is 0.243. The minimum absolute atomic E-state index is 0.0455. The molecule has 0 bridgehead atoms. The number of carbonyl (C=O) groups is 1. The molecule has 0 saturated carbocycles. The van der Waals surface area contributed by atoms with Crippen LogP contribution in [0.4, 0.5) is 5.69 Å². The summed E-state index contributed by atoms with van der Waals surface area (Å²) in [6.45, 7) is 0.786. The van der Waals surface area contributed by atoms with Crippen LogP contribution in [0.5, 0.6) is 11.5 Å². The van der Waals surface area contributed by atoms with Gasteiger partial charge in [0.05, 0.1) is 13.7 Å². The van der Waals surface area contributed by atoms with E-state index in [1.165, 1.54) is 0 Å². The average molecular weight is 632 g/mol. The lowest BCUT2D eigenvalue weighted by atomic mass is 9.83. The van der Waals surface area contributed by atoms with Crippen molar-refractivity contribution >= 4 is 23.6 Å². The van der Waals surface area contributed by atoms with Crippen LogP contribution in [0, 0.1) is 0 Å². The van der Waals surface area contributed by atoms with Gasteiger partial charge in [-0.1, -0.05) is 84.0 Å². The van der Waals surface area contributed by atoms with Crippen molar-refractivity contribution in [3.63, 3.8) is 0 Å². The molecule has 2 atom stereocenters. The van der Waals surface area contributed by atoms with Crippen molar-refractivity contribution in [2.24, 2.45) is 10.1 Å². The topological polar surface area (TPSA) is 138 Å². The molecule has 2 N–H and O–H groups in total. The maximum Gasteiger partial charge on any atom is 0.252 e. The molecule has 0 aromatic heterocycles. The Kier molecular flexibility index (Phi) is 11.3. The number of rotatable bonds is 15. The number of aliphatic hydroxyl groups excluding tert-OH is 1. The lowest BCUT2D eigenvalue weighted by Gasteiger charge is -2.30. The number of hydrogen-bond acceptors (Lipinski definition) is 7. The Balaban J connectivity index is 1.53. The summed E-state index contributed by atoms with van der Waals surface area (Å²) in [6, 6.07) is 31.8. The van der Waals surface area contributed by atoms with Crippen LogP contribution >= 0.6 is 0 Å². The summed E-state index contributed by atoms with van der Waals surface area (Å²) in [7, 11) is 1.62. The quantitative estimate of drug-likeness (QED) is 0.0623. The fourth-order valence-electron chi connectivity index (χ4n) is 5.38. The fourth-order valence-corrected chi connectivity index (χ4v) is 5.38. The van der Waals surface area contributed by atoms with Gasteiger partial charge in [-0.3, -0.25) is 4.79 Å². The van der Waals surface area contributed by atoms with Crippen molar-refractivity contribution in [2.75, 3.05) is 26.9 Å². The van der Waals surface area contributed by atoms with E-state index in [9.17, 15) is 10.3 Å². The van der Waals surface area contributed by atoms with E-state index in [1.54, 1.807) is 37.4 Å². The number of amides is 1. The molecule has 5 rings (SSSR count). The minimum Gasteiger partial charge on any atom is -0.497 e. The van der Waals surface area contributed by atoms with Crippen LogP contribution in [-0.4, -0.2) is 49.3 Å². The Morgan fingerprint density at radius 3 is 2.60 bits per heavy atom. The third kappa shape index (κ3) is 8.18. The number of nitrogens with one attached hydrogen (secondary N) is 1. The zero-order valence-electron chi connectivity index (χ0n) is 26.2. The van der Waals surface area contributed by atoms with Gasteiger partial charge < -0.3 is 24.6 Å². The van der Waals surface area contributed by atoms with E-state index in [0.29, 0.717) is 48.6 Å². The van der Waals surface area contributed by atoms with Gasteiger partial charge in [-0.05, 0) is 59.5 Å². The van der Waals surface area contributed by atoms with Gasteiger partial charge in [0, 0.05) is 47.7 Å². The zero-order chi connectivity index (χ0) is 32.9. The third-order valence-corrected chi connectivity index (χ3v) is 7.77. The first kappa shape index (κ1) is 32.8. The monoisotopic (exact) mass is 631 g/mol. The lowest BCUT2D eigenvalue weighted by molar-refractivity contribution is -0.128. The highest BCUT2D eigenvalue weighted by Crippen LogP contribution is 2.45. The van der Waals surface area contributed by atoms with Crippen LogP contribution in [0.25, 0.3) is 16.5 Å².